The van der Waals surface area contributed by atoms with Gasteiger partial charge in [0.1, 0.15) is 11.6 Å². The Bertz CT molecular complexity index is 2560. The maximum atomic E-state index is 12.2. The van der Waals surface area contributed by atoms with Gasteiger partial charge in [0, 0.05) is 39.8 Å². The number of carbonyl (C=O) groups excluding carboxylic acids is 3. The summed E-state index contributed by atoms with van der Waals surface area (Å²) in [7, 11) is -0.493. The molecular weight excluding hydrogens is 1250 g/mol. The van der Waals surface area contributed by atoms with Crippen molar-refractivity contribution in [2.45, 2.75) is 84.6 Å². The van der Waals surface area contributed by atoms with Crippen LogP contribution in [-0.2, 0) is 18.6 Å². The average molecular weight is 1300 g/mol. The SMILES string of the molecule is CB1OC(C)(C)C(C)(C)O1.CC1(C)OB(c2ccc(C(=O)Nc3ccccn3)cc2)OC1(C)C.O=C(Cl)c1ccc(I)cc1.O=C(Nc1ccccn1)c1ccc(I)cc1.O=C(O)c1ccc(I)cc1. The lowest BCUT2D eigenvalue weighted by Gasteiger charge is -2.32. The van der Waals surface area contributed by atoms with Crippen LogP contribution in [0.25, 0.3) is 0 Å². The third-order valence-electron chi connectivity index (χ3n) is 11.2. The predicted molar refractivity (Wildman–Crippen MR) is 303 cm³/mol. The molecule has 8 rings (SSSR count). The van der Waals surface area contributed by atoms with Gasteiger partial charge < -0.3 is 34.4 Å². The van der Waals surface area contributed by atoms with Gasteiger partial charge in [-0.05, 0) is 256 Å². The maximum Gasteiger partial charge on any atom is 0.494 e. The lowest BCUT2D eigenvalue weighted by molar-refractivity contribution is 0.00578. The predicted octanol–water partition coefficient (Wildman–Crippen LogP) is 11.9. The van der Waals surface area contributed by atoms with Crippen LogP contribution in [0.2, 0.25) is 6.82 Å². The summed E-state index contributed by atoms with van der Waals surface area (Å²) in [5, 5.41) is 13.6. The Kier molecular flexibility index (Phi) is 22.0. The number of aromatic carboxylic acids is 1. The number of rotatable bonds is 7. The number of halogens is 4. The number of carboxylic acids is 1. The summed E-state index contributed by atoms with van der Waals surface area (Å²) >= 11 is 11.7. The van der Waals surface area contributed by atoms with E-state index in [1.54, 1.807) is 97.3 Å². The number of hydrogen-bond acceptors (Lipinski definition) is 10. The lowest BCUT2D eigenvalue weighted by Crippen LogP contribution is -2.41. The van der Waals surface area contributed by atoms with Crippen molar-refractivity contribution in [1.82, 2.24) is 9.97 Å². The standard InChI is InChI=1S/C18H21BN2O3.C12H9IN2O.C7H15BO2.C7H4ClIO.C7H5IO2/c1-17(2)18(3,4)24-19(23-17)14-10-8-13(9-11-14)16(22)21-15-7-5-6-12-20-15;13-10-6-4-9(5-7-10)12(16)15-11-3-1-2-8-14-11;1-6(2)7(3,4)10-8(5)9-6;8-7(10)5-1-3-6(9)4-2-5;8-6-3-1-5(2-4-6)7(9)10/h5-12H,1-4H3,(H,20,21,22);1-8H,(H,14,15,16);1-5H3;1-4H;1-4H,(H,9,10). The first kappa shape index (κ1) is 58.3. The molecule has 4 aromatic carbocycles. The minimum Gasteiger partial charge on any atom is -0.478 e. The molecule has 0 atom stereocenters. The summed E-state index contributed by atoms with van der Waals surface area (Å²) in [5.74, 6) is -0.135. The van der Waals surface area contributed by atoms with Crippen molar-refractivity contribution in [1.29, 1.82) is 0 Å². The molecule has 19 heteroatoms. The number of carboxylic acid groups (broad SMARTS) is 1. The van der Waals surface area contributed by atoms with Crippen LogP contribution < -0.4 is 16.1 Å². The molecule has 0 spiro atoms. The molecule has 366 valence electrons. The number of nitrogens with one attached hydrogen (secondary N) is 2. The second kappa shape index (κ2) is 26.4. The van der Waals surface area contributed by atoms with E-state index in [4.69, 9.17) is 35.3 Å². The highest BCUT2D eigenvalue weighted by Gasteiger charge is 2.52. The van der Waals surface area contributed by atoms with Crippen molar-refractivity contribution in [3.63, 3.8) is 0 Å². The fourth-order valence-corrected chi connectivity index (χ4v) is 7.14. The second-order valence-corrected chi connectivity index (χ2v) is 21.6. The van der Waals surface area contributed by atoms with Gasteiger partial charge in [-0.3, -0.25) is 14.4 Å². The Morgan fingerprint density at radius 3 is 1.13 bits per heavy atom. The van der Waals surface area contributed by atoms with Crippen molar-refractivity contribution >= 4 is 134 Å². The van der Waals surface area contributed by atoms with Crippen molar-refractivity contribution in [2.24, 2.45) is 0 Å². The van der Waals surface area contributed by atoms with Crippen LogP contribution in [0.5, 0.6) is 0 Å². The Labute approximate surface area is 456 Å². The van der Waals surface area contributed by atoms with Crippen LogP contribution in [0.4, 0.5) is 11.6 Å². The zero-order valence-electron chi connectivity index (χ0n) is 40.1. The molecule has 0 bridgehead atoms. The number of aromatic nitrogens is 2. The summed E-state index contributed by atoms with van der Waals surface area (Å²) < 4.78 is 26.4. The minimum atomic E-state index is -0.878. The van der Waals surface area contributed by atoms with E-state index in [2.05, 4.69) is 116 Å². The highest BCUT2D eigenvalue weighted by atomic mass is 127. The molecule has 0 radical (unpaired) electrons. The van der Waals surface area contributed by atoms with Gasteiger partial charge in [0.15, 0.2) is 0 Å². The van der Waals surface area contributed by atoms with E-state index in [0.717, 1.165) is 16.2 Å². The molecule has 3 N–H and O–H groups in total. The third kappa shape index (κ3) is 18.1. The number of benzene rings is 4. The van der Waals surface area contributed by atoms with Gasteiger partial charge in [-0.1, -0.05) is 24.3 Å². The number of carbonyl (C=O) groups is 4. The number of pyridine rings is 2. The highest BCUT2D eigenvalue weighted by Crippen LogP contribution is 2.37. The van der Waals surface area contributed by atoms with Gasteiger partial charge in [0.2, 0.25) is 0 Å². The highest BCUT2D eigenvalue weighted by molar-refractivity contribution is 14.1. The van der Waals surface area contributed by atoms with E-state index < -0.39 is 18.3 Å². The molecule has 70 heavy (non-hydrogen) atoms. The first-order chi connectivity index (χ1) is 32.8. The van der Waals surface area contributed by atoms with Crippen molar-refractivity contribution in [3.05, 3.63) is 179 Å². The molecule has 0 saturated carbocycles. The van der Waals surface area contributed by atoms with Crippen LogP contribution in [0.15, 0.2) is 146 Å². The number of amides is 2. The zero-order chi connectivity index (χ0) is 51.9. The summed E-state index contributed by atoms with van der Waals surface area (Å²) in [5.41, 5.74) is 1.87. The van der Waals surface area contributed by atoms with Crippen molar-refractivity contribution in [2.75, 3.05) is 10.6 Å². The van der Waals surface area contributed by atoms with E-state index >= 15 is 0 Å². The molecule has 2 saturated heterocycles. The largest absolute Gasteiger partial charge is 0.494 e. The molecule has 0 unspecified atom stereocenters. The molecular formula is C51H54B2ClI3N4O9. The Hall–Kier alpha value is -4.29. The zero-order valence-corrected chi connectivity index (χ0v) is 47.4. The van der Waals surface area contributed by atoms with Crippen LogP contribution in [0, 0.1) is 10.7 Å². The second-order valence-electron chi connectivity index (χ2n) is 17.5. The quantitative estimate of drug-likeness (QED) is 0.0788. The molecule has 2 aliphatic heterocycles. The summed E-state index contributed by atoms with van der Waals surface area (Å²) in [4.78, 5) is 53.0. The first-order valence-corrected chi connectivity index (χ1v) is 25.4. The van der Waals surface area contributed by atoms with Gasteiger partial charge in [0.25, 0.3) is 17.1 Å². The monoisotopic (exact) mass is 1300 g/mol. The summed E-state index contributed by atoms with van der Waals surface area (Å²) in [6.45, 7) is 18.2. The van der Waals surface area contributed by atoms with Gasteiger partial charge >= 0.3 is 20.2 Å². The van der Waals surface area contributed by atoms with E-state index in [1.165, 1.54) is 0 Å². The lowest BCUT2D eigenvalue weighted by atomic mass is 9.79. The van der Waals surface area contributed by atoms with Gasteiger partial charge in [0.05, 0.1) is 28.0 Å². The van der Waals surface area contributed by atoms with Crippen LogP contribution in [0.3, 0.4) is 0 Å². The molecule has 4 heterocycles. The Morgan fingerprint density at radius 1 is 0.500 bits per heavy atom. The Morgan fingerprint density at radius 2 is 0.829 bits per heavy atom. The van der Waals surface area contributed by atoms with Crippen LogP contribution in [-0.4, -0.2) is 74.7 Å². The first-order valence-electron chi connectivity index (χ1n) is 21.7. The van der Waals surface area contributed by atoms with Crippen molar-refractivity contribution < 1.29 is 42.9 Å². The van der Waals surface area contributed by atoms with E-state index in [0.29, 0.717) is 33.9 Å². The fraction of sp³-hybridized carbons (Fsp3) is 0.255. The van der Waals surface area contributed by atoms with Gasteiger partial charge in [-0.15, -0.1) is 0 Å². The number of anilines is 2. The topological polar surface area (TPSA) is 175 Å². The molecule has 6 aromatic rings. The Balaban J connectivity index is 0.000000201. The normalized spacial score (nSPS) is 15.4. The molecule has 2 fully saturated rings. The maximum absolute atomic E-state index is 12.2. The molecule has 13 nitrogen and oxygen atoms in total. The third-order valence-corrected chi connectivity index (χ3v) is 13.5. The van der Waals surface area contributed by atoms with Crippen LogP contribution in [0.1, 0.15) is 96.8 Å². The number of nitrogens with zero attached hydrogens (tertiary/aromatic N) is 2. The molecule has 2 aromatic heterocycles. The molecule has 0 aliphatic carbocycles. The smallest absolute Gasteiger partial charge is 0.478 e. The van der Waals surface area contributed by atoms with Gasteiger partial charge in [-0.25, -0.2) is 14.8 Å². The van der Waals surface area contributed by atoms with E-state index in [9.17, 15) is 19.2 Å². The number of hydrogen-bond donors (Lipinski definition) is 3. The minimum absolute atomic E-state index is 0.0648. The molecule has 2 amide bonds. The average Bonchev–Trinajstić information content (AvgIpc) is 3.65. The van der Waals surface area contributed by atoms with Gasteiger partial charge in [-0.2, -0.15) is 0 Å². The fourth-order valence-electron chi connectivity index (χ4n) is 5.93. The van der Waals surface area contributed by atoms with Crippen molar-refractivity contribution in [3.8, 4) is 0 Å². The summed E-state index contributed by atoms with van der Waals surface area (Å²) in [6.07, 6.45) is 3.28. The summed E-state index contributed by atoms with van der Waals surface area (Å²) in [6, 6.07) is 39.2. The van der Waals surface area contributed by atoms with Crippen LogP contribution >= 0.6 is 79.4 Å². The van der Waals surface area contributed by atoms with E-state index in [-0.39, 0.29) is 41.3 Å². The molecule has 2 aliphatic rings. The van der Waals surface area contributed by atoms with E-state index in [1.807, 2.05) is 83.0 Å².